The predicted octanol–water partition coefficient (Wildman–Crippen LogP) is 0.747. The van der Waals surface area contributed by atoms with Crippen LogP contribution in [0.5, 0.6) is 0 Å². The second-order valence-corrected chi connectivity index (χ2v) is 4.41. The van der Waals surface area contributed by atoms with Gasteiger partial charge in [-0.05, 0) is 25.5 Å². The molecule has 1 saturated heterocycles. The molecule has 0 bridgehead atoms. The van der Waals surface area contributed by atoms with Gasteiger partial charge in [-0.1, -0.05) is 0 Å². The van der Waals surface area contributed by atoms with Crippen LogP contribution in [0.4, 0.5) is 5.69 Å². The van der Waals surface area contributed by atoms with E-state index in [1.165, 1.54) is 0 Å². The minimum atomic E-state index is -0.233. The van der Waals surface area contributed by atoms with Gasteiger partial charge in [-0.2, -0.15) is 0 Å². The Hall–Kier alpha value is -1.13. The van der Waals surface area contributed by atoms with Crippen LogP contribution >= 0.6 is 0 Å². The lowest BCUT2D eigenvalue weighted by molar-refractivity contribution is 0.136. The number of nitrogens with two attached hydrogens (primary N) is 1. The molecule has 0 spiro atoms. The van der Waals surface area contributed by atoms with E-state index in [0.29, 0.717) is 12.5 Å². The predicted molar refractivity (Wildman–Crippen MR) is 64.1 cm³/mol. The van der Waals surface area contributed by atoms with Gasteiger partial charge in [-0.3, -0.25) is 4.98 Å². The lowest BCUT2D eigenvalue weighted by Crippen LogP contribution is -2.25. The van der Waals surface area contributed by atoms with E-state index in [2.05, 4.69) is 16.0 Å². The summed E-state index contributed by atoms with van der Waals surface area (Å²) in [4.78, 5) is 6.55. The maximum atomic E-state index is 9.58. The van der Waals surface area contributed by atoms with Crippen LogP contribution < -0.4 is 10.6 Å². The maximum absolute atomic E-state index is 9.58. The molecule has 1 aromatic rings. The zero-order chi connectivity index (χ0) is 11.5. The number of hydrogen-bond acceptors (Lipinski definition) is 4. The van der Waals surface area contributed by atoms with Gasteiger partial charge in [0.15, 0.2) is 0 Å². The monoisotopic (exact) mass is 221 g/mol. The molecule has 2 unspecified atom stereocenters. The molecule has 2 heterocycles. The molecule has 0 aliphatic carbocycles. The molecule has 1 fully saturated rings. The van der Waals surface area contributed by atoms with Crippen molar-refractivity contribution in [2.75, 3.05) is 18.0 Å². The van der Waals surface area contributed by atoms with Crippen molar-refractivity contribution in [3.05, 3.63) is 24.0 Å². The molecule has 1 aliphatic heterocycles. The first-order valence-electron chi connectivity index (χ1n) is 5.79. The highest BCUT2D eigenvalue weighted by Gasteiger charge is 2.27. The number of rotatable bonds is 3. The minimum Gasteiger partial charge on any atom is -0.393 e. The quantitative estimate of drug-likeness (QED) is 0.790. The fraction of sp³-hybridized carbons (Fsp3) is 0.583. The summed E-state index contributed by atoms with van der Waals surface area (Å²) in [6, 6.07) is 3.99. The molecule has 16 heavy (non-hydrogen) atoms. The van der Waals surface area contributed by atoms with E-state index in [9.17, 15) is 5.11 Å². The molecular weight excluding hydrogens is 202 g/mol. The minimum absolute atomic E-state index is 0.233. The third kappa shape index (κ3) is 2.18. The normalized spacial score (nSPS) is 22.4. The van der Waals surface area contributed by atoms with Gasteiger partial charge in [0.1, 0.15) is 0 Å². The Labute approximate surface area is 96.1 Å². The molecule has 0 aromatic carbocycles. The third-order valence-electron chi connectivity index (χ3n) is 3.31. The van der Waals surface area contributed by atoms with Crippen LogP contribution in [0.3, 0.4) is 0 Å². The topological polar surface area (TPSA) is 62.4 Å². The molecular formula is C12H19N3O. The Morgan fingerprint density at radius 3 is 3.12 bits per heavy atom. The number of hydrogen-bond donors (Lipinski definition) is 2. The second-order valence-electron chi connectivity index (χ2n) is 4.41. The molecule has 3 N–H and O–H groups in total. The van der Waals surface area contributed by atoms with Crippen molar-refractivity contribution in [2.45, 2.75) is 26.0 Å². The number of anilines is 1. The van der Waals surface area contributed by atoms with Crippen LogP contribution in [0, 0.1) is 5.92 Å². The fourth-order valence-corrected chi connectivity index (χ4v) is 2.27. The highest BCUT2D eigenvalue weighted by molar-refractivity contribution is 5.51. The third-order valence-corrected chi connectivity index (χ3v) is 3.31. The lowest BCUT2D eigenvalue weighted by Gasteiger charge is -2.21. The van der Waals surface area contributed by atoms with E-state index in [4.69, 9.17) is 5.73 Å². The zero-order valence-electron chi connectivity index (χ0n) is 9.63. The number of nitrogens with zero attached hydrogens (tertiary/aromatic N) is 2. The molecule has 2 atom stereocenters. The van der Waals surface area contributed by atoms with Crippen LogP contribution in [0.1, 0.15) is 19.0 Å². The van der Waals surface area contributed by atoms with Crippen molar-refractivity contribution in [1.29, 1.82) is 0 Å². The van der Waals surface area contributed by atoms with Gasteiger partial charge in [0, 0.05) is 31.7 Å². The van der Waals surface area contributed by atoms with Gasteiger partial charge in [0.05, 0.1) is 17.5 Å². The summed E-state index contributed by atoms with van der Waals surface area (Å²) >= 11 is 0. The van der Waals surface area contributed by atoms with Gasteiger partial charge >= 0.3 is 0 Å². The Morgan fingerprint density at radius 2 is 2.50 bits per heavy atom. The van der Waals surface area contributed by atoms with E-state index in [1.807, 2.05) is 13.0 Å². The summed E-state index contributed by atoms with van der Waals surface area (Å²) in [7, 11) is 0. The number of aliphatic hydroxyl groups excluding tert-OH is 1. The summed E-state index contributed by atoms with van der Waals surface area (Å²) < 4.78 is 0. The Bertz CT molecular complexity index is 354. The van der Waals surface area contributed by atoms with Crippen LogP contribution in [-0.4, -0.2) is 29.3 Å². The molecule has 0 radical (unpaired) electrons. The first-order valence-corrected chi connectivity index (χ1v) is 5.79. The maximum Gasteiger partial charge on any atom is 0.0772 e. The first-order chi connectivity index (χ1) is 7.72. The van der Waals surface area contributed by atoms with E-state index in [1.54, 1.807) is 6.20 Å². The van der Waals surface area contributed by atoms with Crippen LogP contribution in [0.2, 0.25) is 0 Å². The summed E-state index contributed by atoms with van der Waals surface area (Å²) in [6.07, 6.45) is 2.58. The van der Waals surface area contributed by atoms with Crippen molar-refractivity contribution in [3.8, 4) is 0 Å². The van der Waals surface area contributed by atoms with Gasteiger partial charge in [0.2, 0.25) is 0 Å². The molecule has 1 aliphatic rings. The smallest absolute Gasteiger partial charge is 0.0772 e. The second kappa shape index (κ2) is 4.80. The first kappa shape index (κ1) is 11.4. The largest absolute Gasteiger partial charge is 0.393 e. The summed E-state index contributed by atoms with van der Waals surface area (Å²) in [5, 5.41) is 9.58. The van der Waals surface area contributed by atoms with Crippen LogP contribution in [-0.2, 0) is 6.54 Å². The standard InChI is InChI=1S/C12H19N3O/c1-9(16)10-4-6-15(8-10)12-3-2-5-14-11(12)7-13/h2-3,5,9-10,16H,4,6-8,13H2,1H3. The summed E-state index contributed by atoms with van der Waals surface area (Å²) in [5.74, 6) is 0.367. The van der Waals surface area contributed by atoms with E-state index in [0.717, 1.165) is 30.9 Å². The van der Waals surface area contributed by atoms with E-state index in [-0.39, 0.29) is 6.10 Å². The number of pyridine rings is 1. The van der Waals surface area contributed by atoms with Crippen LogP contribution in [0.25, 0.3) is 0 Å². The highest BCUT2D eigenvalue weighted by atomic mass is 16.3. The molecule has 0 amide bonds. The average Bonchev–Trinajstić information content (AvgIpc) is 2.78. The van der Waals surface area contributed by atoms with Gasteiger partial charge in [-0.25, -0.2) is 0 Å². The lowest BCUT2D eigenvalue weighted by atomic mass is 10.0. The summed E-state index contributed by atoms with van der Waals surface area (Å²) in [6.45, 7) is 4.21. The van der Waals surface area contributed by atoms with Crippen molar-refractivity contribution in [1.82, 2.24) is 4.98 Å². The zero-order valence-corrected chi connectivity index (χ0v) is 9.63. The Kier molecular flexibility index (Phi) is 3.41. The molecule has 1 aromatic heterocycles. The number of aliphatic hydroxyl groups is 1. The summed E-state index contributed by atoms with van der Waals surface area (Å²) in [5.41, 5.74) is 7.73. The SMILES string of the molecule is CC(O)C1CCN(c2cccnc2CN)C1. The van der Waals surface area contributed by atoms with Crippen molar-refractivity contribution in [3.63, 3.8) is 0 Å². The highest BCUT2D eigenvalue weighted by Crippen LogP contribution is 2.27. The molecule has 0 saturated carbocycles. The van der Waals surface area contributed by atoms with Gasteiger partial charge in [-0.15, -0.1) is 0 Å². The molecule has 2 rings (SSSR count). The fourth-order valence-electron chi connectivity index (χ4n) is 2.27. The van der Waals surface area contributed by atoms with Crippen molar-refractivity contribution < 1.29 is 5.11 Å². The Morgan fingerprint density at radius 1 is 1.69 bits per heavy atom. The van der Waals surface area contributed by atoms with E-state index >= 15 is 0 Å². The van der Waals surface area contributed by atoms with Crippen LogP contribution in [0.15, 0.2) is 18.3 Å². The number of aromatic nitrogens is 1. The Balaban J connectivity index is 2.14. The van der Waals surface area contributed by atoms with Gasteiger partial charge < -0.3 is 15.7 Å². The molecule has 88 valence electrons. The van der Waals surface area contributed by atoms with Gasteiger partial charge in [0.25, 0.3) is 0 Å². The molecule has 4 nitrogen and oxygen atoms in total. The average molecular weight is 221 g/mol. The van der Waals surface area contributed by atoms with Crippen molar-refractivity contribution in [2.24, 2.45) is 11.7 Å². The van der Waals surface area contributed by atoms with Crippen molar-refractivity contribution >= 4 is 5.69 Å². The molecule has 4 heteroatoms. The van der Waals surface area contributed by atoms with E-state index < -0.39 is 0 Å².